The summed E-state index contributed by atoms with van der Waals surface area (Å²) in [5, 5.41) is 10.6. The van der Waals surface area contributed by atoms with E-state index < -0.39 is 5.41 Å². The second kappa shape index (κ2) is 13.5. The van der Waals surface area contributed by atoms with Crippen LogP contribution in [0, 0.1) is 17.2 Å². The van der Waals surface area contributed by atoms with Gasteiger partial charge in [0.1, 0.15) is 11.5 Å². The number of rotatable bonds is 5. The second-order valence-corrected chi connectivity index (χ2v) is 15.1. The van der Waals surface area contributed by atoms with Gasteiger partial charge in [0.05, 0.1) is 28.8 Å². The summed E-state index contributed by atoms with van der Waals surface area (Å²) >= 11 is 0. The van der Waals surface area contributed by atoms with Crippen molar-refractivity contribution in [2.75, 3.05) is 0 Å². The third kappa shape index (κ3) is 5.29. The molecule has 1 aliphatic heterocycles. The first kappa shape index (κ1) is 33.7. The molecule has 0 saturated carbocycles. The summed E-state index contributed by atoms with van der Waals surface area (Å²) in [5.74, 6) is 2.14. The summed E-state index contributed by atoms with van der Waals surface area (Å²) in [6.07, 6.45) is 5.12. The SMILES string of the molecule is N#CC1CC=CC2=C1c1cc(-c3cccc(-c4cccc(-c5cc(-c6ccccc6)nc(-c6ccccc6)n5)c4)c3)ccc1C21c2ccccc2Oc2ccccc21. The maximum absolute atomic E-state index is 10.6. The number of nitriles is 1. The van der Waals surface area contributed by atoms with Crippen molar-refractivity contribution in [3.05, 3.63) is 222 Å². The molecule has 0 amide bonds. The van der Waals surface area contributed by atoms with E-state index in [1.807, 2.05) is 48.5 Å². The van der Waals surface area contributed by atoms with Gasteiger partial charge in [0.2, 0.25) is 0 Å². The lowest BCUT2D eigenvalue weighted by molar-refractivity contribution is 0.435. The molecule has 7 aromatic carbocycles. The predicted octanol–water partition coefficient (Wildman–Crippen LogP) is 13.1. The molecule has 1 aromatic heterocycles. The molecule has 0 bridgehead atoms. The monoisotopic (exact) mass is 741 g/mol. The largest absolute Gasteiger partial charge is 0.457 e. The molecule has 8 aromatic rings. The Labute approximate surface area is 337 Å². The van der Waals surface area contributed by atoms with Gasteiger partial charge in [0, 0.05) is 27.8 Å². The molecule has 0 N–H and O–H groups in total. The minimum atomic E-state index is -0.593. The van der Waals surface area contributed by atoms with Gasteiger partial charge in [0.15, 0.2) is 5.82 Å². The zero-order valence-electron chi connectivity index (χ0n) is 31.5. The molecule has 1 atom stereocenters. The van der Waals surface area contributed by atoms with E-state index in [2.05, 4.69) is 152 Å². The molecule has 0 fully saturated rings. The van der Waals surface area contributed by atoms with Crippen LogP contribution in [-0.4, -0.2) is 9.97 Å². The van der Waals surface area contributed by atoms with E-state index in [9.17, 15) is 5.26 Å². The maximum atomic E-state index is 10.6. The molecule has 2 heterocycles. The van der Waals surface area contributed by atoms with Crippen LogP contribution in [0.15, 0.2) is 200 Å². The number of para-hydroxylation sites is 2. The van der Waals surface area contributed by atoms with E-state index in [-0.39, 0.29) is 5.92 Å². The highest BCUT2D eigenvalue weighted by Crippen LogP contribution is 2.63. The van der Waals surface area contributed by atoms with Gasteiger partial charge in [-0.2, -0.15) is 5.26 Å². The number of allylic oxidation sites excluding steroid dienone is 4. The van der Waals surface area contributed by atoms with Gasteiger partial charge >= 0.3 is 0 Å². The van der Waals surface area contributed by atoms with Gasteiger partial charge in [-0.25, -0.2) is 9.97 Å². The van der Waals surface area contributed by atoms with Crippen LogP contribution in [0.1, 0.15) is 28.7 Å². The van der Waals surface area contributed by atoms with Crippen LogP contribution in [0.4, 0.5) is 0 Å². The van der Waals surface area contributed by atoms with E-state index >= 15 is 0 Å². The van der Waals surface area contributed by atoms with Crippen molar-refractivity contribution in [2.24, 2.45) is 5.92 Å². The topological polar surface area (TPSA) is 58.8 Å². The molecule has 11 rings (SSSR count). The fourth-order valence-electron chi connectivity index (χ4n) is 9.29. The molecule has 1 spiro atoms. The standard InChI is InChI=1S/C54H35N3O/c55-34-42-22-13-25-47-52(42)43-32-40(28-29-44(43)54(47)45-23-7-9-26-50(45)58-51-27-10-8-24-46(51)54)38-19-11-18-37(30-38)39-20-12-21-41(31-39)49-33-48(35-14-3-1-4-15-35)56-53(57-49)36-16-5-2-6-17-36/h1-21,23-33,42H,22H2. The molecule has 272 valence electrons. The maximum Gasteiger partial charge on any atom is 0.160 e. The normalized spacial score (nSPS) is 15.5. The lowest BCUT2D eigenvalue weighted by Crippen LogP contribution is -2.33. The smallest absolute Gasteiger partial charge is 0.160 e. The molecule has 4 nitrogen and oxygen atoms in total. The molecule has 3 aliphatic rings. The van der Waals surface area contributed by atoms with Crippen molar-refractivity contribution in [1.29, 1.82) is 5.26 Å². The summed E-state index contributed by atoms with van der Waals surface area (Å²) < 4.78 is 6.53. The quantitative estimate of drug-likeness (QED) is 0.176. The molecule has 58 heavy (non-hydrogen) atoms. The molecule has 0 saturated heterocycles. The highest BCUT2D eigenvalue weighted by molar-refractivity contribution is 5.93. The Morgan fingerprint density at radius 3 is 1.69 bits per heavy atom. The number of ether oxygens (including phenoxy) is 1. The highest BCUT2D eigenvalue weighted by atomic mass is 16.5. The van der Waals surface area contributed by atoms with Crippen molar-refractivity contribution in [3.8, 4) is 73.7 Å². The van der Waals surface area contributed by atoms with Crippen molar-refractivity contribution >= 4 is 5.57 Å². The van der Waals surface area contributed by atoms with Gasteiger partial charge in [0.25, 0.3) is 0 Å². The number of fused-ring (bicyclic) bond motifs is 8. The Morgan fingerprint density at radius 1 is 0.500 bits per heavy atom. The average Bonchev–Trinajstić information content (AvgIpc) is 3.59. The van der Waals surface area contributed by atoms with Crippen LogP contribution in [-0.2, 0) is 5.41 Å². The summed E-state index contributed by atoms with van der Waals surface area (Å²) in [6.45, 7) is 0. The first-order valence-corrected chi connectivity index (χ1v) is 19.7. The Kier molecular flexibility index (Phi) is 7.87. The minimum Gasteiger partial charge on any atom is -0.457 e. The molecule has 4 heteroatoms. The van der Waals surface area contributed by atoms with Crippen molar-refractivity contribution in [1.82, 2.24) is 9.97 Å². The second-order valence-electron chi connectivity index (χ2n) is 15.1. The van der Waals surface area contributed by atoms with E-state index in [0.717, 1.165) is 84.1 Å². The highest BCUT2D eigenvalue weighted by Gasteiger charge is 2.53. The average molecular weight is 742 g/mol. The first-order chi connectivity index (χ1) is 28.7. The van der Waals surface area contributed by atoms with E-state index in [0.29, 0.717) is 12.2 Å². The Bertz CT molecular complexity index is 2930. The predicted molar refractivity (Wildman–Crippen MR) is 232 cm³/mol. The van der Waals surface area contributed by atoms with Crippen LogP contribution >= 0.6 is 0 Å². The minimum absolute atomic E-state index is 0.253. The zero-order valence-corrected chi connectivity index (χ0v) is 31.5. The number of hydrogen-bond donors (Lipinski definition) is 0. The third-order valence-electron chi connectivity index (χ3n) is 11.9. The molecule has 1 unspecified atom stereocenters. The van der Waals surface area contributed by atoms with Crippen LogP contribution in [0.5, 0.6) is 11.5 Å². The van der Waals surface area contributed by atoms with Gasteiger partial charge in [-0.05, 0) is 87.3 Å². The molecular formula is C54H35N3O. The van der Waals surface area contributed by atoms with Gasteiger partial charge < -0.3 is 4.74 Å². The van der Waals surface area contributed by atoms with Gasteiger partial charge in [-0.3, -0.25) is 0 Å². The summed E-state index contributed by atoms with van der Waals surface area (Å²) in [5.41, 5.74) is 15.5. The lowest BCUT2D eigenvalue weighted by Gasteiger charge is -2.40. The van der Waals surface area contributed by atoms with Crippen LogP contribution in [0.25, 0.3) is 61.7 Å². The van der Waals surface area contributed by atoms with E-state index in [1.165, 1.54) is 11.1 Å². The van der Waals surface area contributed by atoms with Crippen LogP contribution < -0.4 is 4.74 Å². The molecule has 0 radical (unpaired) electrons. The van der Waals surface area contributed by atoms with E-state index in [1.54, 1.807) is 0 Å². The Hall–Kier alpha value is -7.61. The van der Waals surface area contributed by atoms with Gasteiger partial charge in [-0.1, -0.05) is 158 Å². The Morgan fingerprint density at radius 2 is 1.03 bits per heavy atom. The fourth-order valence-corrected chi connectivity index (χ4v) is 9.29. The van der Waals surface area contributed by atoms with E-state index in [4.69, 9.17) is 14.7 Å². The fraction of sp³-hybridized carbons (Fsp3) is 0.0556. The summed E-state index contributed by atoms with van der Waals surface area (Å²) in [7, 11) is 0. The van der Waals surface area contributed by atoms with Gasteiger partial charge in [-0.15, -0.1) is 0 Å². The van der Waals surface area contributed by atoms with Crippen molar-refractivity contribution in [2.45, 2.75) is 11.8 Å². The first-order valence-electron chi connectivity index (χ1n) is 19.7. The van der Waals surface area contributed by atoms with Crippen molar-refractivity contribution < 1.29 is 4.74 Å². The third-order valence-corrected chi connectivity index (χ3v) is 11.9. The van der Waals surface area contributed by atoms with Crippen LogP contribution in [0.2, 0.25) is 0 Å². The summed E-state index contributed by atoms with van der Waals surface area (Å²) in [6, 6.07) is 66.2. The number of benzene rings is 7. The molecule has 2 aliphatic carbocycles. The molecular weight excluding hydrogens is 707 g/mol. The number of aromatic nitrogens is 2. The zero-order chi connectivity index (χ0) is 38.6. The van der Waals surface area contributed by atoms with Crippen molar-refractivity contribution in [3.63, 3.8) is 0 Å². The lowest BCUT2D eigenvalue weighted by atomic mass is 9.64. The number of hydrogen-bond acceptors (Lipinski definition) is 4. The van der Waals surface area contributed by atoms with Crippen LogP contribution in [0.3, 0.4) is 0 Å². The summed E-state index contributed by atoms with van der Waals surface area (Å²) in [4.78, 5) is 10.1. The number of nitrogens with zero attached hydrogens (tertiary/aromatic N) is 3. The Balaban J connectivity index is 1.02.